The molecular weight excluding hydrogens is 521 g/mol. The van der Waals surface area contributed by atoms with Crippen LogP contribution in [0.4, 0.5) is 10.2 Å². The summed E-state index contributed by atoms with van der Waals surface area (Å²) in [7, 11) is -0.184. The van der Waals surface area contributed by atoms with E-state index in [4.69, 9.17) is 9.15 Å². The molecule has 1 fully saturated rings. The van der Waals surface area contributed by atoms with Crippen LogP contribution in [0.1, 0.15) is 30.4 Å². The first-order chi connectivity index (χ1) is 18.7. The first kappa shape index (κ1) is 26.8. The molecular formula is C29H30FN3O5S. The van der Waals surface area contributed by atoms with Gasteiger partial charge in [0.05, 0.1) is 6.04 Å². The second-order valence-corrected chi connectivity index (χ2v) is 11.7. The number of furan rings is 1. The van der Waals surface area contributed by atoms with Crippen LogP contribution in [-0.2, 0) is 27.8 Å². The smallest absolute Gasteiger partial charge is 0.277 e. The third-order valence-corrected chi connectivity index (χ3v) is 8.59. The summed E-state index contributed by atoms with van der Waals surface area (Å²) in [5, 5.41) is 0.0827. The molecule has 5 rings (SSSR count). The minimum Gasteiger partial charge on any atom is -0.489 e. The highest BCUT2D eigenvalue weighted by atomic mass is 32.2. The number of benzene rings is 2. The number of aryl methyl sites for hydroxylation is 1. The van der Waals surface area contributed by atoms with Gasteiger partial charge < -0.3 is 14.1 Å². The third-order valence-electron chi connectivity index (χ3n) is 6.83. The Hall–Kier alpha value is -3.76. The molecule has 8 nitrogen and oxygen atoms in total. The van der Waals surface area contributed by atoms with E-state index in [1.807, 2.05) is 55.4 Å². The van der Waals surface area contributed by atoms with Crippen molar-refractivity contribution in [3.05, 3.63) is 83.8 Å². The zero-order valence-electron chi connectivity index (χ0n) is 21.8. The summed E-state index contributed by atoms with van der Waals surface area (Å²) < 4.78 is 52.9. The van der Waals surface area contributed by atoms with Crippen LogP contribution in [0.15, 0.2) is 76.4 Å². The summed E-state index contributed by atoms with van der Waals surface area (Å²) in [5.74, 6) is 0.916. The predicted molar refractivity (Wildman–Crippen MR) is 146 cm³/mol. The number of carbonyl (C=O) groups excluding carboxylic acids is 1. The Kier molecular flexibility index (Phi) is 7.67. The lowest BCUT2D eigenvalue weighted by Crippen LogP contribution is -2.40. The Morgan fingerprint density at radius 3 is 2.79 bits per heavy atom. The van der Waals surface area contributed by atoms with Gasteiger partial charge in [-0.3, -0.25) is 4.79 Å². The number of ketones is 1. The minimum absolute atomic E-state index is 0.141. The molecule has 0 spiro atoms. The number of hydrogen-bond acceptors (Lipinski definition) is 7. The van der Waals surface area contributed by atoms with Crippen molar-refractivity contribution in [2.75, 3.05) is 25.5 Å². The molecule has 3 heterocycles. The van der Waals surface area contributed by atoms with Gasteiger partial charge in [-0.1, -0.05) is 12.1 Å². The summed E-state index contributed by atoms with van der Waals surface area (Å²) in [5.41, 5.74) is 2.20. The fraction of sp³-hybridized carbons (Fsp3) is 0.310. The molecule has 1 atom stereocenters. The van der Waals surface area contributed by atoms with Crippen molar-refractivity contribution in [3.8, 4) is 5.75 Å². The number of fused-ring (bicyclic) bond motifs is 1. The molecule has 204 valence electrons. The van der Waals surface area contributed by atoms with Crippen molar-refractivity contribution in [3.63, 3.8) is 0 Å². The van der Waals surface area contributed by atoms with Crippen molar-refractivity contribution >= 4 is 32.6 Å². The molecule has 39 heavy (non-hydrogen) atoms. The molecule has 4 aromatic rings. The van der Waals surface area contributed by atoms with E-state index < -0.39 is 21.9 Å². The van der Waals surface area contributed by atoms with Gasteiger partial charge in [-0.25, -0.2) is 17.8 Å². The van der Waals surface area contributed by atoms with Gasteiger partial charge >= 0.3 is 0 Å². The van der Waals surface area contributed by atoms with Crippen LogP contribution >= 0.6 is 0 Å². The first-order valence-electron chi connectivity index (χ1n) is 12.8. The van der Waals surface area contributed by atoms with E-state index >= 15 is 0 Å². The van der Waals surface area contributed by atoms with Crippen molar-refractivity contribution in [2.45, 2.75) is 43.4 Å². The van der Waals surface area contributed by atoms with Gasteiger partial charge in [-0.2, -0.15) is 4.31 Å². The van der Waals surface area contributed by atoms with Crippen molar-refractivity contribution < 1.29 is 26.8 Å². The largest absolute Gasteiger partial charge is 0.489 e. The van der Waals surface area contributed by atoms with Crippen LogP contribution in [0, 0.1) is 5.82 Å². The fourth-order valence-corrected chi connectivity index (χ4v) is 6.40. The molecule has 0 bridgehead atoms. The maximum atomic E-state index is 13.6. The third kappa shape index (κ3) is 5.97. The normalized spacial score (nSPS) is 16.0. The predicted octanol–water partition coefficient (Wildman–Crippen LogP) is 4.97. The van der Waals surface area contributed by atoms with Crippen LogP contribution < -0.4 is 9.64 Å². The molecule has 1 unspecified atom stereocenters. The number of pyridine rings is 1. The average Bonchev–Trinajstić information content (AvgIpc) is 3.59. The van der Waals surface area contributed by atoms with Gasteiger partial charge in [0, 0.05) is 44.7 Å². The Morgan fingerprint density at radius 2 is 1.97 bits per heavy atom. The SMILES string of the molecule is CN(C)c1cc(COc2cccc(CCC(=O)C3CCCN3S(=O)(=O)c3cc4cc(F)ccc4o3)c2)ccn1. The summed E-state index contributed by atoms with van der Waals surface area (Å²) in [6, 6.07) is 15.8. The molecule has 2 aromatic heterocycles. The second kappa shape index (κ2) is 11.2. The van der Waals surface area contributed by atoms with Gasteiger partial charge in [0.1, 0.15) is 29.6 Å². The number of halogens is 1. The van der Waals surface area contributed by atoms with E-state index in [-0.39, 0.29) is 29.4 Å². The van der Waals surface area contributed by atoms with Crippen molar-refractivity contribution in [1.29, 1.82) is 0 Å². The van der Waals surface area contributed by atoms with Crippen LogP contribution in [0.5, 0.6) is 5.75 Å². The molecule has 0 radical (unpaired) electrons. The zero-order valence-corrected chi connectivity index (χ0v) is 22.7. The molecule has 2 aromatic carbocycles. The van der Waals surface area contributed by atoms with Crippen molar-refractivity contribution in [2.24, 2.45) is 0 Å². The average molecular weight is 552 g/mol. The summed E-state index contributed by atoms with van der Waals surface area (Å²) in [4.78, 5) is 19.4. The molecule has 10 heteroatoms. The number of hydrogen-bond donors (Lipinski definition) is 0. The van der Waals surface area contributed by atoms with Gasteiger partial charge in [0.2, 0.25) is 5.09 Å². The zero-order chi connectivity index (χ0) is 27.6. The van der Waals surface area contributed by atoms with E-state index in [0.29, 0.717) is 37.0 Å². The minimum atomic E-state index is -4.04. The summed E-state index contributed by atoms with van der Waals surface area (Å²) in [6.07, 6.45) is 3.44. The number of rotatable bonds is 10. The van der Waals surface area contributed by atoms with Crippen molar-refractivity contribution in [1.82, 2.24) is 9.29 Å². The maximum Gasteiger partial charge on any atom is 0.277 e. The quantitative estimate of drug-likeness (QED) is 0.275. The van der Waals surface area contributed by atoms with E-state index in [2.05, 4.69) is 4.98 Å². The van der Waals surface area contributed by atoms with Crippen LogP contribution in [0.2, 0.25) is 0 Å². The fourth-order valence-electron chi connectivity index (χ4n) is 4.77. The molecule has 0 aliphatic carbocycles. The number of anilines is 1. The maximum absolute atomic E-state index is 13.6. The molecule has 0 amide bonds. The van der Waals surface area contributed by atoms with E-state index in [0.717, 1.165) is 16.9 Å². The monoisotopic (exact) mass is 551 g/mol. The standard InChI is InChI=1S/C29H30FN3O5S/c1-32(2)28-16-21(12-13-31-28)19-37-24-6-3-5-20(15-24)8-10-26(34)25-7-4-14-33(25)39(35,36)29-18-22-17-23(30)9-11-27(22)38-29/h3,5-6,9,11-13,15-18,25H,4,7-8,10,14,19H2,1-2H3. The van der Waals surface area contributed by atoms with Gasteiger partial charge in [-0.05, 0) is 72.9 Å². The molecule has 1 aliphatic heterocycles. The second-order valence-electron chi connectivity index (χ2n) is 9.84. The highest BCUT2D eigenvalue weighted by Gasteiger charge is 2.40. The highest BCUT2D eigenvalue weighted by Crippen LogP contribution is 2.31. The Bertz CT molecular complexity index is 1600. The summed E-state index contributed by atoms with van der Waals surface area (Å²) >= 11 is 0. The first-order valence-corrected chi connectivity index (χ1v) is 14.2. The number of ether oxygens (including phenoxy) is 1. The Morgan fingerprint density at radius 1 is 1.13 bits per heavy atom. The molecule has 0 N–H and O–H groups in total. The van der Waals surface area contributed by atoms with E-state index in [1.165, 1.54) is 28.6 Å². The lowest BCUT2D eigenvalue weighted by Gasteiger charge is -2.21. The van der Waals surface area contributed by atoms with Crippen LogP contribution in [-0.4, -0.2) is 50.2 Å². The lowest BCUT2D eigenvalue weighted by molar-refractivity contribution is -0.122. The number of nitrogens with zero attached hydrogens (tertiary/aromatic N) is 3. The molecule has 0 saturated carbocycles. The number of aromatic nitrogens is 1. The molecule has 1 saturated heterocycles. The van der Waals surface area contributed by atoms with Crippen LogP contribution in [0.25, 0.3) is 11.0 Å². The number of carbonyl (C=O) groups is 1. The Labute approximate surface area is 227 Å². The van der Waals surface area contributed by atoms with Gasteiger partial charge in [-0.15, -0.1) is 0 Å². The van der Waals surface area contributed by atoms with E-state index in [1.54, 1.807) is 6.20 Å². The topological polar surface area (TPSA) is 93.0 Å². The number of sulfonamides is 1. The Balaban J connectivity index is 1.22. The molecule has 1 aliphatic rings. The highest BCUT2D eigenvalue weighted by molar-refractivity contribution is 7.89. The summed E-state index contributed by atoms with van der Waals surface area (Å²) in [6.45, 7) is 0.618. The number of Topliss-reactive ketones (excluding diaryl/α,β-unsaturated/α-hetero) is 1. The van der Waals surface area contributed by atoms with Crippen LogP contribution in [0.3, 0.4) is 0 Å². The van der Waals surface area contributed by atoms with E-state index in [9.17, 15) is 17.6 Å². The van der Waals surface area contributed by atoms with Gasteiger partial charge in [0.25, 0.3) is 10.0 Å². The van der Waals surface area contributed by atoms with Gasteiger partial charge in [0.15, 0.2) is 5.78 Å². The lowest BCUT2D eigenvalue weighted by atomic mass is 10.0.